The number of benzene rings is 1. The standard InChI is InChI=1S/C19H23NO3S/c1-14(21)15-4-2-5-18(10-15)23-12-17(22)11-20-8-3-6-19(20)16-7-9-24-13-16/h2,4-5,7,9-10,13,17,19,22H,3,6,8,11-12H2,1H3. The number of aliphatic hydroxyl groups is 1. The van der Waals surface area contributed by atoms with Gasteiger partial charge in [-0.15, -0.1) is 0 Å². The van der Waals surface area contributed by atoms with Gasteiger partial charge in [0.1, 0.15) is 18.5 Å². The maximum Gasteiger partial charge on any atom is 0.159 e. The first-order chi connectivity index (χ1) is 11.6. The molecule has 2 aromatic rings. The van der Waals surface area contributed by atoms with E-state index in [4.69, 9.17) is 4.74 Å². The molecule has 2 atom stereocenters. The zero-order valence-corrected chi connectivity index (χ0v) is 14.7. The Morgan fingerprint density at radius 3 is 3.08 bits per heavy atom. The second-order valence-corrected chi connectivity index (χ2v) is 7.04. The van der Waals surface area contributed by atoms with Crippen LogP contribution in [0.2, 0.25) is 0 Å². The zero-order valence-electron chi connectivity index (χ0n) is 13.9. The van der Waals surface area contributed by atoms with Gasteiger partial charge in [-0.05, 0) is 60.8 Å². The number of rotatable bonds is 7. The fourth-order valence-electron chi connectivity index (χ4n) is 3.21. The minimum absolute atomic E-state index is 0.0108. The summed E-state index contributed by atoms with van der Waals surface area (Å²) < 4.78 is 5.67. The molecule has 1 aliphatic heterocycles. The van der Waals surface area contributed by atoms with E-state index in [1.165, 1.54) is 12.5 Å². The lowest BCUT2D eigenvalue weighted by Gasteiger charge is -2.26. The van der Waals surface area contributed by atoms with Gasteiger partial charge in [-0.1, -0.05) is 12.1 Å². The van der Waals surface area contributed by atoms with E-state index in [1.807, 2.05) is 6.07 Å². The number of thiophene rings is 1. The fraction of sp³-hybridized carbons (Fsp3) is 0.421. The average Bonchev–Trinajstić information content (AvgIpc) is 3.24. The maximum atomic E-state index is 11.4. The van der Waals surface area contributed by atoms with Gasteiger partial charge in [0.15, 0.2) is 5.78 Å². The Balaban J connectivity index is 1.53. The van der Waals surface area contributed by atoms with Crippen LogP contribution in [0.1, 0.15) is 41.7 Å². The predicted molar refractivity (Wildman–Crippen MR) is 95.8 cm³/mol. The average molecular weight is 345 g/mol. The summed E-state index contributed by atoms with van der Waals surface area (Å²) in [5.74, 6) is 0.634. The van der Waals surface area contributed by atoms with Gasteiger partial charge in [0.2, 0.25) is 0 Å². The van der Waals surface area contributed by atoms with Crippen molar-refractivity contribution in [1.82, 2.24) is 4.90 Å². The van der Waals surface area contributed by atoms with Gasteiger partial charge in [0, 0.05) is 18.2 Å². The highest BCUT2D eigenvalue weighted by Crippen LogP contribution is 2.32. The van der Waals surface area contributed by atoms with Crippen LogP contribution in [0.4, 0.5) is 0 Å². The summed E-state index contributed by atoms with van der Waals surface area (Å²) in [6.45, 7) is 3.38. The first-order valence-corrected chi connectivity index (χ1v) is 9.26. The fourth-order valence-corrected chi connectivity index (χ4v) is 3.91. The highest BCUT2D eigenvalue weighted by molar-refractivity contribution is 7.07. The third kappa shape index (κ3) is 4.23. The number of likely N-dealkylation sites (tertiary alicyclic amines) is 1. The highest BCUT2D eigenvalue weighted by atomic mass is 32.1. The van der Waals surface area contributed by atoms with Crippen molar-refractivity contribution < 1.29 is 14.6 Å². The number of ketones is 1. The molecule has 5 heteroatoms. The number of carbonyl (C=O) groups excluding carboxylic acids is 1. The highest BCUT2D eigenvalue weighted by Gasteiger charge is 2.27. The van der Waals surface area contributed by atoms with E-state index in [1.54, 1.807) is 29.5 Å². The molecule has 0 saturated carbocycles. The summed E-state index contributed by atoms with van der Waals surface area (Å²) in [7, 11) is 0. The van der Waals surface area contributed by atoms with Crippen molar-refractivity contribution in [2.24, 2.45) is 0 Å². The van der Waals surface area contributed by atoms with Crippen molar-refractivity contribution >= 4 is 17.1 Å². The second kappa shape index (κ2) is 7.92. The molecule has 0 amide bonds. The number of aliphatic hydroxyl groups excluding tert-OH is 1. The Morgan fingerprint density at radius 2 is 2.33 bits per heavy atom. The minimum atomic E-state index is -0.551. The molecule has 2 heterocycles. The molecule has 4 nitrogen and oxygen atoms in total. The van der Waals surface area contributed by atoms with Crippen LogP contribution in [0.25, 0.3) is 0 Å². The largest absolute Gasteiger partial charge is 0.491 e. The number of ether oxygens (including phenoxy) is 1. The van der Waals surface area contributed by atoms with Crippen molar-refractivity contribution in [3.63, 3.8) is 0 Å². The monoisotopic (exact) mass is 345 g/mol. The Labute approximate surface area is 146 Å². The molecule has 2 unspecified atom stereocenters. The van der Waals surface area contributed by atoms with Gasteiger partial charge in [-0.3, -0.25) is 9.69 Å². The zero-order chi connectivity index (χ0) is 16.9. The van der Waals surface area contributed by atoms with Crippen molar-refractivity contribution in [3.8, 4) is 5.75 Å². The number of carbonyl (C=O) groups is 1. The van der Waals surface area contributed by atoms with Crippen LogP contribution in [0.15, 0.2) is 41.1 Å². The molecule has 1 aromatic carbocycles. The van der Waals surface area contributed by atoms with Gasteiger partial charge in [0.25, 0.3) is 0 Å². The minimum Gasteiger partial charge on any atom is -0.491 e. The molecule has 1 aromatic heterocycles. The summed E-state index contributed by atoms with van der Waals surface area (Å²) in [5.41, 5.74) is 1.97. The first-order valence-electron chi connectivity index (χ1n) is 8.31. The molecule has 0 bridgehead atoms. The van der Waals surface area contributed by atoms with Crippen LogP contribution in [0, 0.1) is 0 Å². The quantitative estimate of drug-likeness (QED) is 0.780. The van der Waals surface area contributed by atoms with Crippen molar-refractivity contribution in [2.75, 3.05) is 19.7 Å². The molecule has 0 radical (unpaired) electrons. The van der Waals surface area contributed by atoms with E-state index < -0.39 is 6.10 Å². The molecule has 1 N–H and O–H groups in total. The van der Waals surface area contributed by atoms with E-state index in [2.05, 4.69) is 21.7 Å². The maximum absolute atomic E-state index is 11.4. The first kappa shape index (κ1) is 17.1. The summed E-state index contributed by atoms with van der Waals surface area (Å²) in [5, 5.41) is 14.6. The molecule has 1 fully saturated rings. The van der Waals surface area contributed by atoms with Gasteiger partial charge in [0.05, 0.1) is 0 Å². The van der Waals surface area contributed by atoms with E-state index in [-0.39, 0.29) is 12.4 Å². The van der Waals surface area contributed by atoms with E-state index in [0.29, 0.717) is 23.9 Å². The molecule has 128 valence electrons. The molecule has 1 saturated heterocycles. The smallest absolute Gasteiger partial charge is 0.159 e. The number of hydrogen-bond donors (Lipinski definition) is 1. The van der Waals surface area contributed by atoms with Crippen molar-refractivity contribution in [3.05, 3.63) is 52.2 Å². The van der Waals surface area contributed by atoms with Gasteiger partial charge < -0.3 is 9.84 Å². The molecule has 24 heavy (non-hydrogen) atoms. The van der Waals surface area contributed by atoms with Crippen molar-refractivity contribution in [2.45, 2.75) is 31.9 Å². The van der Waals surface area contributed by atoms with Crippen LogP contribution in [0.5, 0.6) is 5.75 Å². The molecule has 0 spiro atoms. The number of β-amino-alcohol motifs (C(OH)–C–C–N with tert-alkyl or cyclic N) is 1. The van der Waals surface area contributed by atoms with Crippen molar-refractivity contribution in [1.29, 1.82) is 0 Å². The van der Waals surface area contributed by atoms with Crippen LogP contribution in [-0.4, -0.2) is 41.6 Å². The van der Waals surface area contributed by atoms with E-state index in [0.717, 1.165) is 19.4 Å². The molecular formula is C19H23NO3S. The molecular weight excluding hydrogens is 322 g/mol. The van der Waals surface area contributed by atoms with Crippen LogP contribution < -0.4 is 4.74 Å². The number of Topliss-reactive ketones (excluding diaryl/α,β-unsaturated/α-hetero) is 1. The normalized spacial score (nSPS) is 19.3. The third-order valence-corrected chi connectivity index (χ3v) is 5.12. The van der Waals surface area contributed by atoms with E-state index in [9.17, 15) is 9.90 Å². The van der Waals surface area contributed by atoms with Gasteiger partial charge in [-0.2, -0.15) is 11.3 Å². The van der Waals surface area contributed by atoms with Crippen LogP contribution in [0.3, 0.4) is 0 Å². The second-order valence-electron chi connectivity index (χ2n) is 6.26. The van der Waals surface area contributed by atoms with E-state index >= 15 is 0 Å². The van der Waals surface area contributed by atoms with Gasteiger partial charge >= 0.3 is 0 Å². The topological polar surface area (TPSA) is 49.8 Å². The Morgan fingerprint density at radius 1 is 1.46 bits per heavy atom. The van der Waals surface area contributed by atoms with Gasteiger partial charge in [-0.25, -0.2) is 0 Å². The summed E-state index contributed by atoms with van der Waals surface area (Å²) in [4.78, 5) is 13.7. The third-order valence-electron chi connectivity index (χ3n) is 4.42. The van der Waals surface area contributed by atoms with Crippen LogP contribution >= 0.6 is 11.3 Å². The number of nitrogens with zero attached hydrogens (tertiary/aromatic N) is 1. The molecule has 3 rings (SSSR count). The summed E-state index contributed by atoms with van der Waals surface area (Å²) in [6, 6.07) is 9.67. The summed E-state index contributed by atoms with van der Waals surface area (Å²) in [6.07, 6.45) is 1.75. The lowest BCUT2D eigenvalue weighted by atomic mass is 10.1. The number of hydrogen-bond acceptors (Lipinski definition) is 5. The SMILES string of the molecule is CC(=O)c1cccc(OCC(O)CN2CCCC2c2ccsc2)c1. The Bertz CT molecular complexity index is 671. The van der Waals surface area contributed by atoms with Crippen LogP contribution in [-0.2, 0) is 0 Å². The molecule has 1 aliphatic rings. The summed E-state index contributed by atoms with van der Waals surface area (Å²) >= 11 is 1.72. The molecule has 0 aliphatic carbocycles. The lowest BCUT2D eigenvalue weighted by Crippen LogP contribution is -2.35. The predicted octanol–water partition coefficient (Wildman–Crippen LogP) is 3.53. The Hall–Kier alpha value is -1.69. The lowest BCUT2D eigenvalue weighted by molar-refractivity contribution is 0.0639. The Kier molecular flexibility index (Phi) is 5.66.